The van der Waals surface area contributed by atoms with Gasteiger partial charge in [-0.05, 0) is 36.2 Å². The quantitative estimate of drug-likeness (QED) is 0.910. The Kier molecular flexibility index (Phi) is 4.53. The second kappa shape index (κ2) is 6.34. The van der Waals surface area contributed by atoms with Crippen LogP contribution in [0.2, 0.25) is 5.02 Å². The Balaban J connectivity index is 1.92. The highest BCUT2D eigenvalue weighted by Crippen LogP contribution is 2.14. The summed E-state index contributed by atoms with van der Waals surface area (Å²) in [4.78, 5) is 15.8. The Hall–Kier alpha value is -2.14. The van der Waals surface area contributed by atoms with Gasteiger partial charge in [0.2, 0.25) is 0 Å². The zero-order valence-electron chi connectivity index (χ0n) is 10.6. The zero-order chi connectivity index (χ0) is 14.5. The molecule has 1 heterocycles. The summed E-state index contributed by atoms with van der Waals surface area (Å²) in [6.07, 6.45) is 0.589. The molecule has 0 atom stereocenters. The van der Waals surface area contributed by atoms with Gasteiger partial charge in [0.1, 0.15) is 17.3 Å². The van der Waals surface area contributed by atoms with E-state index in [9.17, 15) is 9.18 Å². The molecule has 4 nitrogen and oxygen atoms in total. The average Bonchev–Trinajstić information content (AvgIpc) is 2.43. The zero-order valence-corrected chi connectivity index (χ0v) is 11.3. The van der Waals surface area contributed by atoms with Crippen LogP contribution >= 0.6 is 11.6 Å². The first-order valence-electron chi connectivity index (χ1n) is 6.01. The van der Waals surface area contributed by atoms with Crippen LogP contribution in [0.1, 0.15) is 16.1 Å². The Labute approximate surface area is 120 Å². The molecule has 0 unspecified atom stereocenters. The Bertz CT molecular complexity index is 616. The monoisotopic (exact) mass is 293 g/mol. The number of hydrogen-bond acceptors (Lipinski definition) is 3. The number of nitrogens with zero attached hydrogens (tertiary/aromatic N) is 1. The molecule has 0 bridgehead atoms. The van der Waals surface area contributed by atoms with Gasteiger partial charge in [-0.3, -0.25) is 4.79 Å². The number of benzene rings is 1. The average molecular weight is 294 g/mol. The standard InChI is InChI=1S/C14H13ClFN3O/c15-11-5-6-12(17)19-13(11)14(20)18-8-7-9-1-3-10(16)4-2-9/h1-6H,7-8H2,(H2,17,19)(H,18,20). The van der Waals surface area contributed by atoms with Crippen molar-refractivity contribution in [2.45, 2.75) is 6.42 Å². The van der Waals surface area contributed by atoms with Crippen molar-refractivity contribution >= 4 is 23.3 Å². The van der Waals surface area contributed by atoms with Crippen molar-refractivity contribution in [3.8, 4) is 0 Å². The third-order valence-electron chi connectivity index (χ3n) is 2.70. The summed E-state index contributed by atoms with van der Waals surface area (Å²) < 4.78 is 12.7. The van der Waals surface area contributed by atoms with E-state index in [1.807, 2.05) is 0 Å². The van der Waals surface area contributed by atoms with Crippen molar-refractivity contribution in [2.24, 2.45) is 0 Å². The summed E-state index contributed by atoms with van der Waals surface area (Å²) in [7, 11) is 0. The van der Waals surface area contributed by atoms with Gasteiger partial charge in [0.05, 0.1) is 5.02 Å². The Morgan fingerprint density at radius 3 is 2.65 bits per heavy atom. The topological polar surface area (TPSA) is 68.0 Å². The summed E-state index contributed by atoms with van der Waals surface area (Å²) in [5, 5.41) is 2.94. The van der Waals surface area contributed by atoms with Crippen molar-refractivity contribution in [2.75, 3.05) is 12.3 Å². The van der Waals surface area contributed by atoms with Gasteiger partial charge in [-0.2, -0.15) is 0 Å². The number of carbonyl (C=O) groups is 1. The molecule has 20 heavy (non-hydrogen) atoms. The molecule has 0 saturated carbocycles. The molecule has 1 aromatic carbocycles. The highest BCUT2D eigenvalue weighted by molar-refractivity contribution is 6.33. The van der Waals surface area contributed by atoms with E-state index in [2.05, 4.69) is 10.3 Å². The van der Waals surface area contributed by atoms with Crippen molar-refractivity contribution in [1.82, 2.24) is 10.3 Å². The first-order chi connectivity index (χ1) is 9.56. The van der Waals surface area contributed by atoms with E-state index in [-0.39, 0.29) is 28.3 Å². The molecule has 2 aromatic rings. The number of halogens is 2. The van der Waals surface area contributed by atoms with Crippen LogP contribution in [0.25, 0.3) is 0 Å². The van der Waals surface area contributed by atoms with Gasteiger partial charge < -0.3 is 11.1 Å². The highest BCUT2D eigenvalue weighted by atomic mass is 35.5. The predicted octanol–water partition coefficient (Wildman–Crippen LogP) is 2.43. The van der Waals surface area contributed by atoms with E-state index in [1.54, 1.807) is 12.1 Å². The van der Waals surface area contributed by atoms with Gasteiger partial charge in [0, 0.05) is 6.54 Å². The molecule has 2 rings (SSSR count). The Morgan fingerprint density at radius 2 is 1.95 bits per heavy atom. The van der Waals surface area contributed by atoms with Crippen LogP contribution in [0.4, 0.5) is 10.2 Å². The molecule has 0 aliphatic heterocycles. The van der Waals surface area contributed by atoms with Gasteiger partial charge in [-0.15, -0.1) is 0 Å². The first-order valence-corrected chi connectivity index (χ1v) is 6.39. The first kappa shape index (κ1) is 14.3. The second-order valence-electron chi connectivity index (χ2n) is 4.20. The van der Waals surface area contributed by atoms with E-state index in [4.69, 9.17) is 17.3 Å². The lowest BCUT2D eigenvalue weighted by atomic mass is 10.1. The number of nitrogen functional groups attached to an aromatic ring is 1. The summed E-state index contributed by atoms with van der Waals surface area (Å²) in [5.74, 6) is -0.434. The van der Waals surface area contributed by atoms with E-state index in [1.165, 1.54) is 24.3 Å². The summed E-state index contributed by atoms with van der Waals surface area (Å²) in [5.41, 5.74) is 6.55. The van der Waals surface area contributed by atoms with E-state index in [0.29, 0.717) is 13.0 Å². The van der Waals surface area contributed by atoms with Crippen molar-refractivity contribution in [1.29, 1.82) is 0 Å². The fourth-order valence-corrected chi connectivity index (χ4v) is 1.86. The molecule has 1 amide bonds. The SMILES string of the molecule is Nc1ccc(Cl)c(C(=O)NCCc2ccc(F)cc2)n1. The van der Waals surface area contributed by atoms with Crippen LogP contribution in [0.3, 0.4) is 0 Å². The normalized spacial score (nSPS) is 10.3. The molecule has 0 aliphatic carbocycles. The minimum Gasteiger partial charge on any atom is -0.384 e. The fourth-order valence-electron chi connectivity index (χ4n) is 1.67. The van der Waals surface area contributed by atoms with Crippen LogP contribution < -0.4 is 11.1 Å². The number of anilines is 1. The van der Waals surface area contributed by atoms with E-state index >= 15 is 0 Å². The van der Waals surface area contributed by atoms with Gasteiger partial charge in [-0.1, -0.05) is 23.7 Å². The van der Waals surface area contributed by atoms with Crippen LogP contribution in [0.15, 0.2) is 36.4 Å². The maximum Gasteiger partial charge on any atom is 0.271 e. The van der Waals surface area contributed by atoms with Gasteiger partial charge in [-0.25, -0.2) is 9.37 Å². The van der Waals surface area contributed by atoms with E-state index in [0.717, 1.165) is 5.56 Å². The van der Waals surface area contributed by atoms with Gasteiger partial charge in [0.25, 0.3) is 5.91 Å². The molecule has 6 heteroatoms. The number of rotatable bonds is 4. The number of aromatic nitrogens is 1. The van der Waals surface area contributed by atoms with Crippen LogP contribution in [-0.4, -0.2) is 17.4 Å². The number of nitrogens with one attached hydrogen (secondary N) is 1. The number of amides is 1. The number of pyridine rings is 1. The molecular weight excluding hydrogens is 281 g/mol. The highest BCUT2D eigenvalue weighted by Gasteiger charge is 2.11. The van der Waals surface area contributed by atoms with E-state index < -0.39 is 0 Å². The third kappa shape index (κ3) is 3.68. The third-order valence-corrected chi connectivity index (χ3v) is 3.00. The molecule has 0 fully saturated rings. The lowest BCUT2D eigenvalue weighted by molar-refractivity contribution is 0.0949. The fraction of sp³-hybridized carbons (Fsp3) is 0.143. The number of nitrogens with two attached hydrogens (primary N) is 1. The maximum atomic E-state index is 12.7. The molecule has 3 N–H and O–H groups in total. The van der Waals surface area contributed by atoms with Crippen molar-refractivity contribution in [3.05, 3.63) is 58.5 Å². The Morgan fingerprint density at radius 1 is 1.25 bits per heavy atom. The van der Waals surface area contributed by atoms with Gasteiger partial charge in [0.15, 0.2) is 0 Å². The summed E-state index contributed by atoms with van der Waals surface area (Å²) >= 11 is 5.88. The van der Waals surface area contributed by atoms with Crippen LogP contribution in [-0.2, 0) is 6.42 Å². The van der Waals surface area contributed by atoms with Crippen LogP contribution in [0.5, 0.6) is 0 Å². The minimum absolute atomic E-state index is 0.103. The number of hydrogen-bond donors (Lipinski definition) is 2. The van der Waals surface area contributed by atoms with Crippen molar-refractivity contribution in [3.63, 3.8) is 0 Å². The van der Waals surface area contributed by atoms with Gasteiger partial charge >= 0.3 is 0 Å². The number of carbonyl (C=O) groups excluding carboxylic acids is 1. The minimum atomic E-state index is -0.385. The molecule has 0 aliphatic rings. The lowest BCUT2D eigenvalue weighted by Gasteiger charge is -2.07. The summed E-state index contributed by atoms with van der Waals surface area (Å²) in [6, 6.07) is 9.16. The second-order valence-corrected chi connectivity index (χ2v) is 4.61. The maximum absolute atomic E-state index is 12.7. The molecule has 0 radical (unpaired) electrons. The molecular formula is C14H13ClFN3O. The molecule has 104 valence electrons. The van der Waals surface area contributed by atoms with Crippen molar-refractivity contribution < 1.29 is 9.18 Å². The summed E-state index contributed by atoms with van der Waals surface area (Å²) in [6.45, 7) is 0.400. The van der Waals surface area contributed by atoms with Crippen LogP contribution in [0, 0.1) is 5.82 Å². The predicted molar refractivity (Wildman–Crippen MR) is 76.1 cm³/mol. The lowest BCUT2D eigenvalue weighted by Crippen LogP contribution is -2.27. The molecule has 1 aromatic heterocycles. The largest absolute Gasteiger partial charge is 0.384 e. The molecule has 0 saturated heterocycles. The smallest absolute Gasteiger partial charge is 0.271 e. The molecule has 0 spiro atoms.